The molecule has 2 aromatic rings. The van der Waals surface area contributed by atoms with E-state index in [4.69, 9.17) is 11.6 Å². The van der Waals surface area contributed by atoms with Crippen molar-refractivity contribution in [1.82, 2.24) is 0 Å². The topological polar surface area (TPSA) is 20.2 Å². The first-order chi connectivity index (χ1) is 9.31. The molecule has 1 unspecified atom stereocenters. The zero-order valence-electron chi connectivity index (χ0n) is 10.6. The molecule has 1 nitrogen and oxygen atoms in total. The lowest BCUT2D eigenvalue weighted by molar-refractivity contribution is 0.0537. The van der Waals surface area contributed by atoms with E-state index < -0.39 is 17.2 Å². The monoisotopic (exact) mass is 360 g/mol. The predicted octanol–water partition coefficient (Wildman–Crippen LogP) is 4.83. The smallest absolute Gasteiger partial charge is 0.149 e. The van der Waals surface area contributed by atoms with Gasteiger partial charge in [-0.15, -0.1) is 0 Å². The van der Waals surface area contributed by atoms with Crippen LogP contribution < -0.4 is 0 Å². The number of hydrogen-bond donors (Lipinski definition) is 1. The van der Waals surface area contributed by atoms with Crippen LogP contribution in [0.25, 0.3) is 0 Å². The standard InChI is InChI=1S/C15H12BrClF2O/c1-15(20,8-9-3-2-4-10(18)7-9)11-5-6-12(16)13(17)14(11)19/h2-7,20H,8H2,1H3. The van der Waals surface area contributed by atoms with Crippen molar-refractivity contribution in [1.29, 1.82) is 0 Å². The van der Waals surface area contributed by atoms with Crippen LogP contribution >= 0.6 is 27.5 Å². The Kier molecular flexibility index (Phi) is 4.47. The van der Waals surface area contributed by atoms with E-state index in [2.05, 4.69) is 15.9 Å². The van der Waals surface area contributed by atoms with Crippen LogP contribution in [0.1, 0.15) is 18.1 Å². The molecule has 20 heavy (non-hydrogen) atoms. The summed E-state index contributed by atoms with van der Waals surface area (Å²) in [6, 6.07) is 8.88. The third kappa shape index (κ3) is 3.19. The molecule has 2 rings (SSSR count). The summed E-state index contributed by atoms with van der Waals surface area (Å²) in [6.07, 6.45) is 0.0830. The molecule has 0 heterocycles. The molecule has 0 aliphatic heterocycles. The third-order valence-corrected chi connectivity index (χ3v) is 4.31. The van der Waals surface area contributed by atoms with Crippen LogP contribution in [-0.2, 0) is 12.0 Å². The molecule has 1 atom stereocenters. The van der Waals surface area contributed by atoms with Crippen LogP contribution in [0.3, 0.4) is 0 Å². The van der Waals surface area contributed by atoms with Gasteiger partial charge in [-0.05, 0) is 46.6 Å². The van der Waals surface area contributed by atoms with Crippen molar-refractivity contribution in [2.24, 2.45) is 0 Å². The molecule has 1 N–H and O–H groups in total. The Hall–Kier alpha value is -0.970. The van der Waals surface area contributed by atoms with Gasteiger partial charge in [-0.25, -0.2) is 8.78 Å². The van der Waals surface area contributed by atoms with Gasteiger partial charge in [0.15, 0.2) is 0 Å². The van der Waals surface area contributed by atoms with E-state index in [0.717, 1.165) is 0 Å². The lowest BCUT2D eigenvalue weighted by Crippen LogP contribution is -2.26. The minimum Gasteiger partial charge on any atom is -0.385 e. The van der Waals surface area contributed by atoms with E-state index >= 15 is 0 Å². The van der Waals surface area contributed by atoms with E-state index in [1.807, 2.05) is 0 Å². The highest BCUT2D eigenvalue weighted by atomic mass is 79.9. The average Bonchev–Trinajstić information content (AvgIpc) is 2.35. The Bertz CT molecular complexity index is 644. The summed E-state index contributed by atoms with van der Waals surface area (Å²) >= 11 is 8.94. The molecule has 0 aliphatic rings. The molecule has 0 bridgehead atoms. The van der Waals surface area contributed by atoms with Gasteiger partial charge in [0.1, 0.15) is 11.6 Å². The van der Waals surface area contributed by atoms with Gasteiger partial charge in [0.2, 0.25) is 0 Å². The average molecular weight is 362 g/mol. The number of aliphatic hydroxyl groups is 1. The summed E-state index contributed by atoms with van der Waals surface area (Å²) in [4.78, 5) is 0. The van der Waals surface area contributed by atoms with Crippen LogP contribution in [0.15, 0.2) is 40.9 Å². The van der Waals surface area contributed by atoms with Gasteiger partial charge in [0, 0.05) is 16.5 Å². The molecule has 0 amide bonds. The zero-order valence-corrected chi connectivity index (χ0v) is 13.0. The maximum Gasteiger partial charge on any atom is 0.149 e. The van der Waals surface area contributed by atoms with E-state index in [-0.39, 0.29) is 17.0 Å². The fraction of sp³-hybridized carbons (Fsp3) is 0.200. The molecule has 0 spiro atoms. The van der Waals surface area contributed by atoms with Gasteiger partial charge in [0.05, 0.1) is 10.6 Å². The van der Waals surface area contributed by atoms with Gasteiger partial charge in [-0.1, -0.05) is 29.8 Å². The number of hydrogen-bond acceptors (Lipinski definition) is 1. The van der Waals surface area contributed by atoms with Crippen LogP contribution in [-0.4, -0.2) is 5.11 Å². The normalized spacial score (nSPS) is 14.1. The second-order valence-electron chi connectivity index (χ2n) is 4.80. The fourth-order valence-corrected chi connectivity index (χ4v) is 2.55. The van der Waals surface area contributed by atoms with Crippen molar-refractivity contribution < 1.29 is 13.9 Å². The maximum absolute atomic E-state index is 14.1. The lowest BCUT2D eigenvalue weighted by Gasteiger charge is -2.25. The maximum atomic E-state index is 14.1. The van der Waals surface area contributed by atoms with E-state index in [1.54, 1.807) is 18.2 Å². The summed E-state index contributed by atoms with van der Waals surface area (Å²) in [5, 5.41) is 10.4. The van der Waals surface area contributed by atoms with Crippen molar-refractivity contribution in [3.63, 3.8) is 0 Å². The number of halogens is 4. The number of rotatable bonds is 3. The highest BCUT2D eigenvalue weighted by molar-refractivity contribution is 9.10. The first-order valence-corrected chi connectivity index (χ1v) is 7.09. The summed E-state index contributed by atoms with van der Waals surface area (Å²) in [7, 11) is 0. The Labute approximate surface area is 129 Å². The van der Waals surface area contributed by atoms with Gasteiger partial charge >= 0.3 is 0 Å². The third-order valence-electron chi connectivity index (χ3n) is 3.05. The fourth-order valence-electron chi connectivity index (χ4n) is 2.08. The lowest BCUT2D eigenvalue weighted by atomic mass is 9.88. The van der Waals surface area contributed by atoms with Crippen LogP contribution in [0.2, 0.25) is 5.02 Å². The van der Waals surface area contributed by atoms with Gasteiger partial charge in [-0.3, -0.25) is 0 Å². The van der Waals surface area contributed by atoms with Crippen LogP contribution in [0.5, 0.6) is 0 Å². The highest BCUT2D eigenvalue weighted by Crippen LogP contribution is 2.34. The van der Waals surface area contributed by atoms with Gasteiger partial charge < -0.3 is 5.11 Å². The molecule has 0 saturated heterocycles. The molecule has 2 aromatic carbocycles. The van der Waals surface area contributed by atoms with Crippen molar-refractivity contribution in [3.8, 4) is 0 Å². The Morgan fingerprint density at radius 2 is 1.95 bits per heavy atom. The highest BCUT2D eigenvalue weighted by Gasteiger charge is 2.28. The Balaban J connectivity index is 2.38. The van der Waals surface area contributed by atoms with Crippen LogP contribution in [0, 0.1) is 11.6 Å². The Morgan fingerprint density at radius 3 is 2.60 bits per heavy atom. The van der Waals surface area contributed by atoms with Crippen molar-refractivity contribution >= 4 is 27.5 Å². The van der Waals surface area contributed by atoms with Crippen LogP contribution in [0.4, 0.5) is 8.78 Å². The number of benzene rings is 2. The van der Waals surface area contributed by atoms with Crippen molar-refractivity contribution in [3.05, 3.63) is 68.7 Å². The van der Waals surface area contributed by atoms with Gasteiger partial charge in [-0.2, -0.15) is 0 Å². The second-order valence-corrected chi connectivity index (χ2v) is 6.04. The second kappa shape index (κ2) is 5.80. The molecule has 0 aromatic heterocycles. The molecule has 106 valence electrons. The first-order valence-electron chi connectivity index (χ1n) is 5.92. The van der Waals surface area contributed by atoms with Crippen molar-refractivity contribution in [2.45, 2.75) is 18.9 Å². The molecular formula is C15H12BrClF2O. The van der Waals surface area contributed by atoms with E-state index in [9.17, 15) is 13.9 Å². The SMILES string of the molecule is CC(O)(Cc1cccc(F)c1)c1ccc(Br)c(Cl)c1F. The summed E-state index contributed by atoms with van der Waals surface area (Å²) in [6.45, 7) is 1.47. The zero-order chi connectivity index (χ0) is 14.9. The molecule has 5 heteroatoms. The quantitative estimate of drug-likeness (QED) is 0.776. The largest absolute Gasteiger partial charge is 0.385 e. The Morgan fingerprint density at radius 1 is 1.25 bits per heavy atom. The molecule has 0 saturated carbocycles. The van der Waals surface area contributed by atoms with Gasteiger partial charge in [0.25, 0.3) is 0 Å². The molecule has 0 radical (unpaired) electrons. The predicted molar refractivity (Wildman–Crippen MR) is 78.8 cm³/mol. The summed E-state index contributed by atoms with van der Waals surface area (Å²) in [5.74, 6) is -1.07. The van der Waals surface area contributed by atoms with Crippen molar-refractivity contribution in [2.75, 3.05) is 0 Å². The minimum atomic E-state index is -1.48. The van der Waals surface area contributed by atoms with E-state index in [0.29, 0.717) is 10.0 Å². The molecule has 0 fully saturated rings. The first kappa shape index (κ1) is 15.4. The summed E-state index contributed by atoms with van der Waals surface area (Å²) < 4.78 is 27.7. The minimum absolute atomic E-state index is 0.0787. The summed E-state index contributed by atoms with van der Waals surface area (Å²) in [5.41, 5.74) is -0.828. The molecule has 0 aliphatic carbocycles. The van der Waals surface area contributed by atoms with E-state index in [1.165, 1.54) is 25.1 Å². The molecular weight excluding hydrogens is 350 g/mol.